The Bertz CT molecular complexity index is 963. The van der Waals surface area contributed by atoms with E-state index in [2.05, 4.69) is 24.3 Å². The van der Waals surface area contributed by atoms with Crippen molar-refractivity contribution in [3.63, 3.8) is 0 Å². The monoisotopic (exact) mass is 382 g/mol. The summed E-state index contributed by atoms with van der Waals surface area (Å²) in [6.45, 7) is 0. The maximum Gasteiger partial charge on any atom is 0.163 e. The van der Waals surface area contributed by atoms with Gasteiger partial charge >= 0.3 is 0 Å². The van der Waals surface area contributed by atoms with Crippen LogP contribution in [0.5, 0.6) is 0 Å². The number of benzene rings is 3. The van der Waals surface area contributed by atoms with Crippen LogP contribution in [0.4, 0.5) is 0 Å². The van der Waals surface area contributed by atoms with Crippen LogP contribution in [0.3, 0.4) is 0 Å². The van der Waals surface area contributed by atoms with Crippen LogP contribution >= 0.6 is 0 Å². The van der Waals surface area contributed by atoms with Crippen LogP contribution in [-0.4, -0.2) is 11.6 Å². The van der Waals surface area contributed by atoms with Crippen molar-refractivity contribution in [1.82, 2.24) is 0 Å². The van der Waals surface area contributed by atoms with Gasteiger partial charge in [0, 0.05) is 24.3 Å². The highest BCUT2D eigenvalue weighted by Crippen LogP contribution is 2.49. The first-order valence-electron chi connectivity index (χ1n) is 10.4. The minimum atomic E-state index is -0.648. The Hall–Kier alpha value is -3.00. The molecule has 1 fully saturated rings. The fraction of sp³-hybridized carbons (Fsp3) is 0.259. The third-order valence-corrected chi connectivity index (χ3v) is 6.29. The van der Waals surface area contributed by atoms with Crippen LogP contribution in [0.15, 0.2) is 91.0 Å². The molecule has 1 aliphatic carbocycles. The van der Waals surface area contributed by atoms with Crippen molar-refractivity contribution in [3.05, 3.63) is 108 Å². The van der Waals surface area contributed by atoms with E-state index >= 15 is 0 Å². The van der Waals surface area contributed by atoms with Crippen LogP contribution in [0.25, 0.3) is 0 Å². The van der Waals surface area contributed by atoms with Gasteiger partial charge in [-0.15, -0.1) is 0 Å². The van der Waals surface area contributed by atoms with Gasteiger partial charge in [-0.05, 0) is 24.0 Å². The molecule has 29 heavy (non-hydrogen) atoms. The zero-order valence-corrected chi connectivity index (χ0v) is 16.6. The second-order valence-electron chi connectivity index (χ2n) is 7.92. The lowest BCUT2D eigenvalue weighted by molar-refractivity contribution is -0.127. The van der Waals surface area contributed by atoms with Gasteiger partial charge in [0.05, 0.1) is 5.41 Å². The molecule has 2 atom stereocenters. The maximum atomic E-state index is 13.5. The van der Waals surface area contributed by atoms with Gasteiger partial charge in [0.1, 0.15) is 5.78 Å². The normalized spacial score (nSPS) is 20.2. The van der Waals surface area contributed by atoms with Crippen LogP contribution in [0.1, 0.15) is 59.5 Å². The summed E-state index contributed by atoms with van der Waals surface area (Å²) in [5, 5.41) is 0. The summed E-state index contributed by atoms with van der Waals surface area (Å²) in [5.74, 6) is 0.185. The summed E-state index contributed by atoms with van der Waals surface area (Å²) in [6.07, 6.45) is 3.63. The highest BCUT2D eigenvalue weighted by atomic mass is 16.1. The van der Waals surface area contributed by atoms with Crippen molar-refractivity contribution in [2.24, 2.45) is 0 Å². The van der Waals surface area contributed by atoms with E-state index in [9.17, 15) is 9.59 Å². The predicted octanol–water partition coefficient (Wildman–Crippen LogP) is 6.12. The van der Waals surface area contributed by atoms with Crippen LogP contribution in [0.2, 0.25) is 0 Å². The third kappa shape index (κ3) is 3.80. The van der Waals surface area contributed by atoms with Crippen molar-refractivity contribution >= 4 is 11.6 Å². The molecule has 2 heteroatoms. The number of Topliss-reactive ketones (excluding diaryl/α,β-unsaturated/α-hetero) is 2. The Balaban J connectivity index is 1.83. The number of hydrogen-bond donors (Lipinski definition) is 0. The molecule has 1 aliphatic rings. The minimum Gasteiger partial charge on any atom is -0.299 e. The van der Waals surface area contributed by atoms with Crippen molar-refractivity contribution in [1.29, 1.82) is 0 Å². The van der Waals surface area contributed by atoms with Crippen molar-refractivity contribution < 1.29 is 9.59 Å². The highest BCUT2D eigenvalue weighted by Gasteiger charge is 2.48. The molecule has 0 radical (unpaired) electrons. The Morgan fingerprint density at radius 2 is 1.38 bits per heavy atom. The average Bonchev–Trinajstić information content (AvgIpc) is 2.80. The zero-order valence-electron chi connectivity index (χ0n) is 16.6. The summed E-state index contributed by atoms with van der Waals surface area (Å²) >= 11 is 0. The van der Waals surface area contributed by atoms with Gasteiger partial charge < -0.3 is 0 Å². The van der Waals surface area contributed by atoms with E-state index in [-0.39, 0.29) is 17.5 Å². The lowest BCUT2D eigenvalue weighted by atomic mass is 9.58. The van der Waals surface area contributed by atoms with Gasteiger partial charge in [0.15, 0.2) is 5.78 Å². The molecular formula is C27H26O2. The van der Waals surface area contributed by atoms with Crippen LogP contribution in [-0.2, 0) is 10.2 Å². The van der Waals surface area contributed by atoms with Crippen LogP contribution < -0.4 is 0 Å². The third-order valence-electron chi connectivity index (χ3n) is 6.29. The quantitative estimate of drug-likeness (QED) is 0.481. The molecule has 0 aromatic heterocycles. The number of carbonyl (C=O) groups excluding carboxylic acids is 2. The Morgan fingerprint density at radius 3 is 2.00 bits per heavy atom. The van der Waals surface area contributed by atoms with Gasteiger partial charge in [0.25, 0.3) is 0 Å². The summed E-state index contributed by atoms with van der Waals surface area (Å²) in [4.78, 5) is 26.8. The first-order valence-corrected chi connectivity index (χ1v) is 10.4. The van der Waals surface area contributed by atoms with E-state index in [4.69, 9.17) is 0 Å². The van der Waals surface area contributed by atoms with Gasteiger partial charge in [-0.25, -0.2) is 0 Å². The fourth-order valence-electron chi connectivity index (χ4n) is 4.85. The van der Waals surface area contributed by atoms with Gasteiger partial charge in [-0.3, -0.25) is 9.59 Å². The molecule has 2 nitrogen and oxygen atoms in total. The fourth-order valence-corrected chi connectivity index (χ4v) is 4.85. The van der Waals surface area contributed by atoms with Crippen molar-refractivity contribution in [2.45, 2.75) is 43.4 Å². The number of ketones is 2. The molecule has 0 unspecified atom stereocenters. The van der Waals surface area contributed by atoms with Crippen LogP contribution in [0, 0.1) is 0 Å². The highest BCUT2D eigenvalue weighted by molar-refractivity contribution is 5.98. The summed E-state index contributed by atoms with van der Waals surface area (Å²) in [7, 11) is 0. The molecule has 0 saturated heterocycles. The Kier molecular flexibility index (Phi) is 5.71. The molecule has 146 valence electrons. The van der Waals surface area contributed by atoms with Gasteiger partial charge in [0.2, 0.25) is 0 Å². The molecule has 0 amide bonds. The average molecular weight is 383 g/mol. The largest absolute Gasteiger partial charge is 0.299 e. The molecule has 4 rings (SSSR count). The molecule has 0 aliphatic heterocycles. The number of rotatable bonds is 6. The summed E-state index contributed by atoms with van der Waals surface area (Å²) < 4.78 is 0. The smallest absolute Gasteiger partial charge is 0.163 e. The molecule has 3 aromatic rings. The van der Waals surface area contributed by atoms with Gasteiger partial charge in [-0.2, -0.15) is 0 Å². The van der Waals surface area contributed by atoms with E-state index in [1.54, 1.807) is 0 Å². The van der Waals surface area contributed by atoms with Crippen molar-refractivity contribution in [3.8, 4) is 0 Å². The lowest BCUT2D eigenvalue weighted by Gasteiger charge is -2.43. The molecule has 1 saturated carbocycles. The second kappa shape index (κ2) is 8.57. The van der Waals surface area contributed by atoms with E-state index < -0.39 is 5.41 Å². The molecular weight excluding hydrogens is 356 g/mol. The van der Waals surface area contributed by atoms with Crippen molar-refractivity contribution in [2.75, 3.05) is 0 Å². The molecule has 0 spiro atoms. The zero-order chi connectivity index (χ0) is 20.1. The molecule has 0 N–H and O–H groups in total. The molecule has 3 aromatic carbocycles. The summed E-state index contributed by atoms with van der Waals surface area (Å²) in [5.41, 5.74) is 2.17. The Labute approximate surface area is 172 Å². The SMILES string of the molecule is O=C(C[C@H](c1ccccc1)[C@]1(c2ccccc2)CCCCC1=O)c1ccccc1. The number of carbonyl (C=O) groups is 2. The first kappa shape index (κ1) is 19.3. The van der Waals surface area contributed by atoms with E-state index in [1.807, 2.05) is 66.7 Å². The van der Waals surface area contributed by atoms with Gasteiger partial charge in [-0.1, -0.05) is 97.4 Å². The first-order chi connectivity index (χ1) is 14.2. The number of hydrogen-bond acceptors (Lipinski definition) is 2. The topological polar surface area (TPSA) is 34.1 Å². The van der Waals surface area contributed by atoms with E-state index in [0.717, 1.165) is 30.4 Å². The molecule has 0 bridgehead atoms. The summed E-state index contributed by atoms with van der Waals surface area (Å²) in [6, 6.07) is 29.7. The van der Waals surface area contributed by atoms with E-state index in [1.165, 1.54) is 0 Å². The Morgan fingerprint density at radius 1 is 0.793 bits per heavy atom. The minimum absolute atomic E-state index is 0.0909. The standard InChI is InChI=1S/C27H26O2/c28-25(22-14-6-2-7-15-22)20-24(21-12-4-1-5-13-21)27(19-11-10-18-26(27)29)23-16-8-3-9-17-23/h1-9,12-17,24H,10-11,18-20H2/t24-,27-/m1/s1. The van der Waals surface area contributed by atoms with E-state index in [0.29, 0.717) is 18.4 Å². The molecule has 0 heterocycles. The second-order valence-corrected chi connectivity index (χ2v) is 7.92. The maximum absolute atomic E-state index is 13.5. The lowest BCUT2D eigenvalue weighted by Crippen LogP contribution is -2.44. The predicted molar refractivity (Wildman–Crippen MR) is 116 cm³/mol.